The van der Waals surface area contributed by atoms with Crippen LogP contribution in [0, 0.1) is 5.92 Å². The minimum absolute atomic E-state index is 0.607. The summed E-state index contributed by atoms with van der Waals surface area (Å²) in [7, 11) is 0. The maximum absolute atomic E-state index is 3.94. The second-order valence-electron chi connectivity index (χ2n) is 2.48. The molecule has 1 rings (SSSR count). The van der Waals surface area contributed by atoms with E-state index >= 15 is 0 Å². The summed E-state index contributed by atoms with van der Waals surface area (Å²) in [5, 5.41) is 3.94. The summed E-state index contributed by atoms with van der Waals surface area (Å²) >= 11 is 0. The molecule has 0 radical (unpaired) electrons. The van der Waals surface area contributed by atoms with Crippen molar-refractivity contribution in [2.45, 2.75) is 13.8 Å². The van der Waals surface area contributed by atoms with Crippen molar-refractivity contribution < 1.29 is 0 Å². The summed E-state index contributed by atoms with van der Waals surface area (Å²) in [4.78, 5) is 0. The predicted molar refractivity (Wildman–Crippen MR) is 39.4 cm³/mol. The Morgan fingerprint density at radius 2 is 2.44 bits per heavy atom. The molecule has 0 spiro atoms. The quantitative estimate of drug-likeness (QED) is 0.557. The Bertz CT molecular complexity index is 145. The third-order valence-electron chi connectivity index (χ3n) is 1.40. The van der Waals surface area contributed by atoms with E-state index in [2.05, 4.69) is 30.5 Å². The van der Waals surface area contributed by atoms with Crippen LogP contribution in [0.2, 0.25) is 0 Å². The molecule has 9 heavy (non-hydrogen) atoms. The minimum atomic E-state index is 0.607. The van der Waals surface area contributed by atoms with Crippen LogP contribution in [0.15, 0.2) is 16.8 Å². The van der Waals surface area contributed by atoms with Gasteiger partial charge in [0.15, 0.2) is 0 Å². The highest BCUT2D eigenvalue weighted by atomic mass is 15.3. The molecule has 1 aliphatic heterocycles. The van der Waals surface area contributed by atoms with Crippen LogP contribution in [0.25, 0.3) is 0 Å². The molecular weight excluding hydrogens is 112 g/mol. The average Bonchev–Trinajstić information content (AvgIpc) is 1.90. The van der Waals surface area contributed by atoms with E-state index in [1.54, 1.807) is 0 Å². The van der Waals surface area contributed by atoms with Gasteiger partial charge < -0.3 is 5.43 Å². The van der Waals surface area contributed by atoms with E-state index in [0.29, 0.717) is 5.92 Å². The van der Waals surface area contributed by atoms with Gasteiger partial charge in [0.05, 0.1) is 6.54 Å². The molecule has 0 aromatic rings. The fourth-order valence-corrected chi connectivity index (χ4v) is 0.774. The van der Waals surface area contributed by atoms with E-state index in [4.69, 9.17) is 0 Å². The zero-order valence-electron chi connectivity index (χ0n) is 5.89. The van der Waals surface area contributed by atoms with Crippen LogP contribution in [-0.2, 0) is 0 Å². The maximum Gasteiger partial charge on any atom is 0.0516 e. The summed E-state index contributed by atoms with van der Waals surface area (Å²) in [6, 6.07) is 0. The third-order valence-corrected chi connectivity index (χ3v) is 1.40. The number of rotatable bonds is 1. The lowest BCUT2D eigenvalue weighted by atomic mass is 10.0. The fraction of sp³-hybridized carbons (Fsp3) is 0.571. The molecule has 0 aromatic heterocycles. The van der Waals surface area contributed by atoms with Crippen molar-refractivity contribution >= 4 is 6.21 Å². The van der Waals surface area contributed by atoms with Gasteiger partial charge in [-0.15, -0.1) is 0 Å². The molecule has 0 saturated heterocycles. The molecule has 0 aromatic carbocycles. The molecule has 1 N–H and O–H groups in total. The Balaban J connectivity index is 2.58. The zero-order valence-corrected chi connectivity index (χ0v) is 5.89. The Labute approximate surface area is 55.6 Å². The SMILES string of the molecule is CC(C)C1=CCNN=C1. The second-order valence-corrected chi connectivity index (χ2v) is 2.48. The van der Waals surface area contributed by atoms with Crippen LogP contribution in [0.5, 0.6) is 0 Å². The second kappa shape index (κ2) is 2.67. The van der Waals surface area contributed by atoms with Gasteiger partial charge in [0.1, 0.15) is 0 Å². The van der Waals surface area contributed by atoms with Gasteiger partial charge in [-0.1, -0.05) is 19.9 Å². The highest BCUT2D eigenvalue weighted by Gasteiger charge is 2.00. The maximum atomic E-state index is 3.94. The number of hydrazone groups is 1. The Kier molecular flexibility index (Phi) is 1.88. The van der Waals surface area contributed by atoms with Crippen molar-refractivity contribution in [2.75, 3.05) is 6.54 Å². The summed E-state index contributed by atoms with van der Waals surface area (Å²) in [5.41, 5.74) is 4.19. The van der Waals surface area contributed by atoms with E-state index in [-0.39, 0.29) is 0 Å². The van der Waals surface area contributed by atoms with E-state index < -0.39 is 0 Å². The van der Waals surface area contributed by atoms with Gasteiger partial charge in [0.2, 0.25) is 0 Å². The molecule has 1 heterocycles. The van der Waals surface area contributed by atoms with E-state index in [1.807, 2.05) is 6.21 Å². The van der Waals surface area contributed by atoms with Gasteiger partial charge in [0, 0.05) is 6.21 Å². The first-order valence-corrected chi connectivity index (χ1v) is 3.26. The van der Waals surface area contributed by atoms with Gasteiger partial charge in [-0.25, -0.2) is 0 Å². The average molecular weight is 124 g/mol. The molecule has 0 atom stereocenters. The largest absolute Gasteiger partial charge is 0.306 e. The molecule has 2 heteroatoms. The normalized spacial score (nSPS) is 17.4. The van der Waals surface area contributed by atoms with Crippen LogP contribution in [-0.4, -0.2) is 12.8 Å². The molecule has 0 amide bonds. The first-order chi connectivity index (χ1) is 4.30. The van der Waals surface area contributed by atoms with Gasteiger partial charge in [-0.05, 0) is 11.5 Å². The van der Waals surface area contributed by atoms with Crippen LogP contribution in [0.3, 0.4) is 0 Å². The highest BCUT2D eigenvalue weighted by Crippen LogP contribution is 2.06. The van der Waals surface area contributed by atoms with Gasteiger partial charge in [-0.2, -0.15) is 5.10 Å². The number of nitrogens with zero attached hydrogens (tertiary/aromatic N) is 1. The van der Waals surface area contributed by atoms with Crippen LogP contribution in [0.1, 0.15) is 13.8 Å². The molecule has 0 aliphatic carbocycles. The number of nitrogens with one attached hydrogen (secondary N) is 1. The highest BCUT2D eigenvalue weighted by molar-refractivity contribution is 5.79. The van der Waals surface area contributed by atoms with Crippen molar-refractivity contribution in [3.05, 3.63) is 11.6 Å². The molecule has 0 bridgehead atoms. The van der Waals surface area contributed by atoms with Gasteiger partial charge >= 0.3 is 0 Å². The lowest BCUT2D eigenvalue weighted by Gasteiger charge is -2.09. The topological polar surface area (TPSA) is 24.4 Å². The van der Waals surface area contributed by atoms with Crippen LogP contribution < -0.4 is 5.43 Å². The monoisotopic (exact) mass is 124 g/mol. The minimum Gasteiger partial charge on any atom is -0.306 e. The van der Waals surface area contributed by atoms with Crippen LogP contribution >= 0.6 is 0 Å². The van der Waals surface area contributed by atoms with Crippen molar-refractivity contribution in [2.24, 2.45) is 11.0 Å². The number of hydrogen-bond acceptors (Lipinski definition) is 2. The van der Waals surface area contributed by atoms with E-state index in [9.17, 15) is 0 Å². The van der Waals surface area contributed by atoms with Crippen molar-refractivity contribution in [3.63, 3.8) is 0 Å². The standard InChI is InChI=1S/C7H12N2/c1-6(2)7-3-4-8-9-5-7/h3,5-6,8H,4H2,1-2H3. The fourth-order valence-electron chi connectivity index (χ4n) is 0.774. The van der Waals surface area contributed by atoms with E-state index in [0.717, 1.165) is 6.54 Å². The molecular formula is C7H12N2. The Morgan fingerprint density at radius 3 is 2.78 bits per heavy atom. The molecule has 50 valence electrons. The third kappa shape index (κ3) is 1.56. The Hall–Kier alpha value is -0.790. The summed E-state index contributed by atoms with van der Waals surface area (Å²) < 4.78 is 0. The Morgan fingerprint density at radius 1 is 1.67 bits per heavy atom. The molecule has 0 fully saturated rings. The van der Waals surface area contributed by atoms with Crippen LogP contribution in [0.4, 0.5) is 0 Å². The molecule has 0 saturated carbocycles. The lowest BCUT2D eigenvalue weighted by Crippen LogP contribution is -2.13. The summed E-state index contributed by atoms with van der Waals surface area (Å²) in [6.45, 7) is 5.22. The van der Waals surface area contributed by atoms with Crippen molar-refractivity contribution in [1.29, 1.82) is 0 Å². The first-order valence-electron chi connectivity index (χ1n) is 3.26. The van der Waals surface area contributed by atoms with Crippen molar-refractivity contribution in [3.8, 4) is 0 Å². The number of hydrogen-bond donors (Lipinski definition) is 1. The van der Waals surface area contributed by atoms with E-state index in [1.165, 1.54) is 5.57 Å². The van der Waals surface area contributed by atoms with Crippen molar-refractivity contribution in [1.82, 2.24) is 5.43 Å². The smallest absolute Gasteiger partial charge is 0.0516 e. The predicted octanol–water partition coefficient (Wildman–Crippen LogP) is 1.16. The van der Waals surface area contributed by atoms with Gasteiger partial charge in [-0.3, -0.25) is 0 Å². The lowest BCUT2D eigenvalue weighted by molar-refractivity contribution is 0.755. The molecule has 0 unspecified atom stereocenters. The van der Waals surface area contributed by atoms with Gasteiger partial charge in [0.25, 0.3) is 0 Å². The number of allylic oxidation sites excluding steroid dienone is 1. The first kappa shape index (κ1) is 6.33. The summed E-state index contributed by atoms with van der Waals surface area (Å²) in [5.74, 6) is 0.607. The molecule has 1 aliphatic rings. The summed E-state index contributed by atoms with van der Waals surface area (Å²) in [6.07, 6.45) is 4.05. The zero-order chi connectivity index (χ0) is 6.69. The molecule has 2 nitrogen and oxygen atoms in total.